The molecule has 20 heavy (non-hydrogen) atoms. The van der Waals surface area contributed by atoms with Crippen LogP contribution in [0.25, 0.3) is 0 Å². The van der Waals surface area contributed by atoms with Crippen molar-refractivity contribution >= 4 is 11.9 Å². The lowest BCUT2D eigenvalue weighted by molar-refractivity contribution is -0.321. The van der Waals surface area contributed by atoms with Gasteiger partial charge in [0.15, 0.2) is 0 Å². The van der Waals surface area contributed by atoms with Gasteiger partial charge in [-0.2, -0.15) is 0 Å². The first-order valence-electron chi connectivity index (χ1n) is 6.15. The molecule has 0 amide bonds. The SMILES string of the molecule is CCCC(O)(O)OC(=O)/C=C/C(=O)OC(O)(O)CCC. The molecule has 0 bridgehead atoms. The molecule has 0 fully saturated rings. The maximum atomic E-state index is 11.2. The first-order valence-corrected chi connectivity index (χ1v) is 6.15. The fourth-order valence-electron chi connectivity index (χ4n) is 1.28. The largest absolute Gasteiger partial charge is 0.405 e. The molecule has 0 atom stereocenters. The van der Waals surface area contributed by atoms with Crippen molar-refractivity contribution < 1.29 is 39.5 Å². The summed E-state index contributed by atoms with van der Waals surface area (Å²) < 4.78 is 8.52. The van der Waals surface area contributed by atoms with Crippen LogP contribution in [-0.2, 0) is 19.1 Å². The minimum absolute atomic E-state index is 0.191. The summed E-state index contributed by atoms with van der Waals surface area (Å²) in [6, 6.07) is 0. The predicted molar refractivity (Wildman–Crippen MR) is 65.5 cm³/mol. The summed E-state index contributed by atoms with van der Waals surface area (Å²) in [4.78, 5) is 22.3. The Morgan fingerprint density at radius 1 is 0.850 bits per heavy atom. The third kappa shape index (κ3) is 8.59. The number of ether oxygens (including phenoxy) is 2. The van der Waals surface area contributed by atoms with Gasteiger partial charge >= 0.3 is 23.9 Å². The van der Waals surface area contributed by atoms with E-state index in [-0.39, 0.29) is 12.8 Å². The van der Waals surface area contributed by atoms with Gasteiger partial charge in [-0.15, -0.1) is 0 Å². The van der Waals surface area contributed by atoms with Crippen molar-refractivity contribution in [2.45, 2.75) is 51.5 Å². The van der Waals surface area contributed by atoms with Crippen molar-refractivity contribution in [3.8, 4) is 0 Å². The van der Waals surface area contributed by atoms with Crippen LogP contribution >= 0.6 is 0 Å². The van der Waals surface area contributed by atoms with Crippen molar-refractivity contribution in [1.82, 2.24) is 0 Å². The number of rotatable bonds is 8. The Morgan fingerprint density at radius 2 is 1.15 bits per heavy atom. The fourth-order valence-corrected chi connectivity index (χ4v) is 1.28. The first-order chi connectivity index (χ1) is 9.12. The summed E-state index contributed by atoms with van der Waals surface area (Å²) in [5, 5.41) is 36.8. The molecule has 0 aliphatic heterocycles. The van der Waals surface area contributed by atoms with E-state index in [2.05, 4.69) is 9.47 Å². The van der Waals surface area contributed by atoms with E-state index in [9.17, 15) is 30.0 Å². The van der Waals surface area contributed by atoms with Crippen molar-refractivity contribution in [2.75, 3.05) is 0 Å². The van der Waals surface area contributed by atoms with E-state index in [0.29, 0.717) is 25.0 Å². The lowest BCUT2D eigenvalue weighted by Gasteiger charge is -2.20. The molecule has 0 aliphatic carbocycles. The third-order valence-electron chi connectivity index (χ3n) is 2.03. The molecular weight excluding hydrogens is 272 g/mol. The first kappa shape index (κ1) is 18.5. The van der Waals surface area contributed by atoms with Crippen LogP contribution in [0.15, 0.2) is 12.2 Å². The smallest absolute Gasteiger partial charge is 0.335 e. The van der Waals surface area contributed by atoms with Gasteiger partial charge in [-0.1, -0.05) is 13.8 Å². The zero-order chi connectivity index (χ0) is 15.8. The van der Waals surface area contributed by atoms with E-state index >= 15 is 0 Å². The van der Waals surface area contributed by atoms with Gasteiger partial charge in [0.2, 0.25) is 0 Å². The van der Waals surface area contributed by atoms with E-state index in [4.69, 9.17) is 0 Å². The highest BCUT2D eigenvalue weighted by Crippen LogP contribution is 2.12. The highest BCUT2D eigenvalue weighted by atomic mass is 16.8. The van der Waals surface area contributed by atoms with E-state index in [0.717, 1.165) is 0 Å². The van der Waals surface area contributed by atoms with Gasteiger partial charge in [0.1, 0.15) is 0 Å². The number of esters is 2. The highest BCUT2D eigenvalue weighted by molar-refractivity contribution is 5.91. The van der Waals surface area contributed by atoms with Crippen LogP contribution in [0.3, 0.4) is 0 Å². The Morgan fingerprint density at radius 3 is 1.40 bits per heavy atom. The summed E-state index contributed by atoms with van der Waals surface area (Å²) >= 11 is 0. The minimum Gasteiger partial charge on any atom is -0.405 e. The predicted octanol–water partition coefficient (Wildman–Crippen LogP) is -0.494. The molecule has 0 aromatic rings. The van der Waals surface area contributed by atoms with Gasteiger partial charge in [0.25, 0.3) is 0 Å². The van der Waals surface area contributed by atoms with E-state index in [1.807, 2.05) is 0 Å². The van der Waals surface area contributed by atoms with Crippen LogP contribution in [0.4, 0.5) is 0 Å². The molecule has 0 radical (unpaired) electrons. The van der Waals surface area contributed by atoms with Gasteiger partial charge in [-0.25, -0.2) is 9.59 Å². The Hall–Kier alpha value is -1.48. The molecule has 0 spiro atoms. The Kier molecular flexibility index (Phi) is 7.36. The van der Waals surface area contributed by atoms with Crippen molar-refractivity contribution in [2.24, 2.45) is 0 Å². The summed E-state index contributed by atoms with van der Waals surface area (Å²) in [7, 11) is 0. The van der Waals surface area contributed by atoms with Crippen molar-refractivity contribution in [3.05, 3.63) is 12.2 Å². The van der Waals surface area contributed by atoms with Crippen LogP contribution in [0.1, 0.15) is 39.5 Å². The number of carbonyl (C=O) groups is 2. The highest BCUT2D eigenvalue weighted by Gasteiger charge is 2.27. The normalized spacial score (nSPS) is 12.5. The van der Waals surface area contributed by atoms with Crippen LogP contribution in [0.5, 0.6) is 0 Å². The van der Waals surface area contributed by atoms with Crippen molar-refractivity contribution in [1.29, 1.82) is 0 Å². The van der Waals surface area contributed by atoms with Crippen LogP contribution in [0.2, 0.25) is 0 Å². The van der Waals surface area contributed by atoms with Gasteiger partial charge in [0.05, 0.1) is 0 Å². The number of aliphatic hydroxyl groups is 4. The number of hydrogen-bond acceptors (Lipinski definition) is 8. The summed E-state index contributed by atoms with van der Waals surface area (Å²) in [6.45, 7) is 3.30. The molecule has 4 N–H and O–H groups in total. The van der Waals surface area contributed by atoms with Gasteiger partial charge in [-0.3, -0.25) is 0 Å². The molecule has 0 saturated heterocycles. The monoisotopic (exact) mass is 292 g/mol. The van der Waals surface area contributed by atoms with Gasteiger partial charge in [-0.05, 0) is 12.8 Å². The maximum absolute atomic E-state index is 11.2. The summed E-state index contributed by atoms with van der Waals surface area (Å²) in [6.07, 6.45) is 1.51. The molecule has 116 valence electrons. The molecule has 0 unspecified atom stereocenters. The van der Waals surface area contributed by atoms with E-state index in [1.165, 1.54) is 0 Å². The molecule has 0 saturated carbocycles. The van der Waals surface area contributed by atoms with E-state index in [1.54, 1.807) is 13.8 Å². The second-order valence-corrected chi connectivity index (χ2v) is 4.16. The zero-order valence-corrected chi connectivity index (χ0v) is 11.4. The average Bonchev–Trinajstić information content (AvgIpc) is 2.24. The second kappa shape index (κ2) is 7.95. The molecule has 0 aromatic heterocycles. The van der Waals surface area contributed by atoms with Crippen LogP contribution in [0, 0.1) is 0 Å². The lowest BCUT2D eigenvalue weighted by atomic mass is 10.3. The second-order valence-electron chi connectivity index (χ2n) is 4.16. The molecule has 0 aliphatic rings. The van der Waals surface area contributed by atoms with Crippen LogP contribution < -0.4 is 0 Å². The average molecular weight is 292 g/mol. The lowest BCUT2D eigenvalue weighted by Crippen LogP contribution is -2.34. The fraction of sp³-hybridized carbons (Fsp3) is 0.667. The van der Waals surface area contributed by atoms with Crippen molar-refractivity contribution in [3.63, 3.8) is 0 Å². The molecule has 8 nitrogen and oxygen atoms in total. The van der Waals surface area contributed by atoms with E-state index < -0.39 is 23.9 Å². The van der Waals surface area contributed by atoms with Gasteiger partial charge < -0.3 is 29.9 Å². The third-order valence-corrected chi connectivity index (χ3v) is 2.03. The topological polar surface area (TPSA) is 134 Å². The molecule has 0 aromatic carbocycles. The summed E-state index contributed by atoms with van der Waals surface area (Å²) in [5.74, 6) is -7.59. The Balaban J connectivity index is 4.35. The number of hydrogen-bond donors (Lipinski definition) is 4. The maximum Gasteiger partial charge on any atom is 0.335 e. The minimum atomic E-state index is -2.61. The standard InChI is InChI=1S/C12H20O8/c1-3-7-11(15,16)19-9(13)5-6-10(14)20-12(17,18)8-4-2/h5-6,15-18H,3-4,7-8H2,1-2H3/b6-5+. The molecular formula is C12H20O8. The Bertz CT molecular complexity index is 324. The molecule has 0 heterocycles. The number of carbonyl (C=O) groups excluding carboxylic acids is 2. The molecule has 0 rings (SSSR count). The quantitative estimate of drug-likeness (QED) is 0.267. The van der Waals surface area contributed by atoms with Crippen LogP contribution in [-0.4, -0.2) is 44.3 Å². The summed E-state index contributed by atoms with van der Waals surface area (Å²) in [5.41, 5.74) is 0. The zero-order valence-electron chi connectivity index (χ0n) is 11.4. The van der Waals surface area contributed by atoms with Gasteiger partial charge in [0, 0.05) is 25.0 Å². The molecule has 8 heteroatoms. The Labute approximate surface area is 116 Å².